The fourth-order valence-electron chi connectivity index (χ4n) is 8.98. The second-order valence-corrected chi connectivity index (χ2v) is 16.0. The number of alkyl halides is 6. The normalized spacial score (nSPS) is 13.2. The van der Waals surface area contributed by atoms with E-state index in [0.717, 1.165) is 77.3 Å². The predicted octanol–water partition coefficient (Wildman–Crippen LogP) is 16.2. The van der Waals surface area contributed by atoms with E-state index < -0.39 is 18.1 Å². The molecule has 63 heavy (non-hydrogen) atoms. The van der Waals surface area contributed by atoms with Crippen LogP contribution in [0.5, 0.6) is 11.5 Å². The molecule has 0 fully saturated rings. The van der Waals surface area contributed by atoms with Gasteiger partial charge in [-0.15, -0.1) is 26.3 Å². The van der Waals surface area contributed by atoms with E-state index >= 15 is 0 Å². The number of halogens is 6. The number of hydrogen-bond donors (Lipinski definition) is 0. The summed E-state index contributed by atoms with van der Waals surface area (Å²) in [6.07, 6.45) is -9.66. The summed E-state index contributed by atoms with van der Waals surface area (Å²) >= 11 is 0. The molecule has 1 aliphatic carbocycles. The van der Waals surface area contributed by atoms with Crippen LogP contribution in [-0.4, -0.2) is 12.7 Å². The Labute approximate surface area is 358 Å². The molecular weight excluding hydrogens is 811 g/mol. The second-order valence-electron chi connectivity index (χ2n) is 16.0. The lowest BCUT2D eigenvalue weighted by Gasteiger charge is -2.30. The van der Waals surface area contributed by atoms with Crippen molar-refractivity contribution < 1.29 is 35.8 Å². The molecule has 0 heterocycles. The molecule has 9 aromatic rings. The monoisotopic (exact) mass is 846 g/mol. The maximum Gasteiger partial charge on any atom is 0.573 e. The summed E-state index contributed by atoms with van der Waals surface area (Å²) in [5.74, 6) is -0.638. The zero-order chi connectivity index (χ0) is 43.7. The lowest BCUT2D eigenvalue weighted by molar-refractivity contribution is -0.275. The Kier molecular flexibility index (Phi) is 9.36. The molecule has 10 rings (SSSR count). The Morgan fingerprint density at radius 3 is 1.37 bits per heavy atom. The van der Waals surface area contributed by atoms with Crippen LogP contribution in [0.25, 0.3) is 43.4 Å². The topological polar surface area (TPSA) is 24.9 Å². The molecule has 312 valence electrons. The smallest absolute Gasteiger partial charge is 0.406 e. The molecule has 0 radical (unpaired) electrons. The van der Waals surface area contributed by atoms with Crippen molar-refractivity contribution in [3.63, 3.8) is 0 Å². The first-order chi connectivity index (χ1) is 30.2. The van der Waals surface area contributed by atoms with Gasteiger partial charge in [-0.3, -0.25) is 0 Å². The molecule has 0 aromatic heterocycles. The van der Waals surface area contributed by atoms with Crippen LogP contribution in [0.4, 0.5) is 60.5 Å². The number of nitrogens with zero attached hydrogens (tertiary/aromatic N) is 2. The maximum absolute atomic E-state index is 13.3. The van der Waals surface area contributed by atoms with Crippen molar-refractivity contribution in [2.24, 2.45) is 0 Å². The molecule has 0 saturated heterocycles. The van der Waals surface area contributed by atoms with Gasteiger partial charge in [0.05, 0.1) is 5.69 Å². The third-order valence-corrected chi connectivity index (χ3v) is 11.8. The van der Waals surface area contributed by atoms with Gasteiger partial charge in [0.2, 0.25) is 0 Å². The quantitative estimate of drug-likeness (QED) is 0.142. The molecule has 0 aliphatic heterocycles. The summed E-state index contributed by atoms with van der Waals surface area (Å²) in [5, 5.41) is 6.03. The SMILES string of the molecule is CC1(C)c2cc(N(c3ccc(OC(F)(F)F)cc3)c3ccc4ccccc4c3)ccc2-c2c1cc(N(c1ccc(OC(F)(F)F)cc1)c1ccc3ccccc3c1)c1ccccc21. The Bertz CT molecular complexity index is 3200. The summed E-state index contributed by atoms with van der Waals surface area (Å²) in [7, 11) is 0. The Balaban J connectivity index is 1.14. The average molecular weight is 847 g/mol. The Morgan fingerprint density at radius 2 is 0.825 bits per heavy atom. The summed E-state index contributed by atoms with van der Waals surface area (Å²) < 4.78 is 87.8. The molecule has 0 amide bonds. The highest BCUT2D eigenvalue weighted by molar-refractivity contribution is 6.10. The van der Waals surface area contributed by atoms with Gasteiger partial charge in [-0.05, 0) is 140 Å². The summed E-state index contributed by atoms with van der Waals surface area (Å²) in [6, 6.07) is 56.6. The van der Waals surface area contributed by atoms with Crippen LogP contribution in [0.1, 0.15) is 25.0 Å². The van der Waals surface area contributed by atoms with Crippen molar-refractivity contribution in [2.45, 2.75) is 32.0 Å². The van der Waals surface area contributed by atoms with Gasteiger partial charge in [0.15, 0.2) is 0 Å². The number of rotatable bonds is 8. The van der Waals surface area contributed by atoms with Crippen molar-refractivity contribution in [2.75, 3.05) is 9.80 Å². The highest BCUT2D eigenvalue weighted by Crippen LogP contribution is 2.56. The lowest BCUT2D eigenvalue weighted by atomic mass is 9.81. The van der Waals surface area contributed by atoms with E-state index in [0.29, 0.717) is 11.4 Å². The Hall–Kier alpha value is -7.46. The number of hydrogen-bond acceptors (Lipinski definition) is 4. The standard InChI is InChI=1S/C53H36F6N2O2/c1-51(2)47-31-41(60(37-19-24-42(25-20-37)62-52(54,55)56)39-17-15-33-9-3-5-11-35(33)29-39)23-28-46(47)50-45-14-8-7-13-44(45)49(32-48(50)51)61(38-21-26-43(27-22-38)63-53(57,58)59)40-18-16-34-10-4-6-12-36(34)30-40/h3-32H,1-2H3. The molecule has 4 nitrogen and oxygen atoms in total. The zero-order valence-corrected chi connectivity index (χ0v) is 33.8. The fourth-order valence-corrected chi connectivity index (χ4v) is 8.98. The first kappa shape index (κ1) is 39.7. The van der Waals surface area contributed by atoms with Gasteiger partial charge < -0.3 is 19.3 Å². The van der Waals surface area contributed by atoms with Crippen molar-refractivity contribution >= 4 is 66.4 Å². The van der Waals surface area contributed by atoms with E-state index in [1.165, 1.54) is 24.3 Å². The molecule has 0 saturated carbocycles. The maximum atomic E-state index is 13.3. The van der Waals surface area contributed by atoms with Crippen molar-refractivity contribution in [3.8, 4) is 22.6 Å². The van der Waals surface area contributed by atoms with Crippen LogP contribution in [0.2, 0.25) is 0 Å². The van der Waals surface area contributed by atoms with E-state index in [4.69, 9.17) is 0 Å². The largest absolute Gasteiger partial charge is 0.573 e. The Morgan fingerprint density at radius 1 is 0.397 bits per heavy atom. The van der Waals surface area contributed by atoms with Gasteiger partial charge in [-0.1, -0.05) is 105 Å². The van der Waals surface area contributed by atoms with E-state index in [9.17, 15) is 26.3 Å². The third-order valence-electron chi connectivity index (χ3n) is 11.8. The van der Waals surface area contributed by atoms with E-state index in [1.807, 2.05) is 95.9 Å². The zero-order valence-electron chi connectivity index (χ0n) is 33.8. The van der Waals surface area contributed by atoms with Crippen LogP contribution < -0.4 is 19.3 Å². The van der Waals surface area contributed by atoms with Gasteiger partial charge in [-0.2, -0.15) is 0 Å². The molecule has 9 aromatic carbocycles. The lowest BCUT2D eigenvalue weighted by Crippen LogP contribution is -2.18. The van der Waals surface area contributed by atoms with Gasteiger partial charge >= 0.3 is 12.7 Å². The molecule has 10 heteroatoms. The summed E-state index contributed by atoms with van der Waals surface area (Å²) in [4.78, 5) is 4.10. The molecule has 0 spiro atoms. The molecule has 0 atom stereocenters. The van der Waals surface area contributed by atoms with E-state index in [-0.39, 0.29) is 11.5 Å². The minimum Gasteiger partial charge on any atom is -0.406 e. The van der Waals surface area contributed by atoms with Crippen LogP contribution >= 0.6 is 0 Å². The molecule has 0 unspecified atom stereocenters. The molecule has 1 aliphatic rings. The summed E-state index contributed by atoms with van der Waals surface area (Å²) in [5.41, 5.74) is 8.19. The first-order valence-electron chi connectivity index (χ1n) is 20.2. The highest BCUT2D eigenvalue weighted by Gasteiger charge is 2.39. The van der Waals surface area contributed by atoms with Crippen LogP contribution in [-0.2, 0) is 5.41 Å². The van der Waals surface area contributed by atoms with Crippen LogP contribution in [0, 0.1) is 0 Å². The van der Waals surface area contributed by atoms with Gasteiger partial charge in [0, 0.05) is 39.2 Å². The number of anilines is 6. The van der Waals surface area contributed by atoms with E-state index in [1.54, 1.807) is 24.3 Å². The number of benzene rings is 9. The van der Waals surface area contributed by atoms with Crippen molar-refractivity contribution in [1.82, 2.24) is 0 Å². The van der Waals surface area contributed by atoms with Crippen LogP contribution in [0.3, 0.4) is 0 Å². The first-order valence-corrected chi connectivity index (χ1v) is 20.2. The number of ether oxygens (including phenoxy) is 2. The number of fused-ring (bicyclic) bond motifs is 7. The van der Waals surface area contributed by atoms with Crippen molar-refractivity contribution in [1.29, 1.82) is 0 Å². The molecule has 0 N–H and O–H groups in total. The van der Waals surface area contributed by atoms with Gasteiger partial charge in [0.25, 0.3) is 0 Å². The predicted molar refractivity (Wildman–Crippen MR) is 239 cm³/mol. The minimum absolute atomic E-state index is 0.318. The second kappa shape index (κ2) is 14.9. The third kappa shape index (κ3) is 7.41. The van der Waals surface area contributed by atoms with Crippen molar-refractivity contribution in [3.05, 3.63) is 193 Å². The average Bonchev–Trinajstić information content (AvgIpc) is 3.49. The van der Waals surface area contributed by atoms with Crippen LogP contribution in [0.15, 0.2) is 182 Å². The van der Waals surface area contributed by atoms with Gasteiger partial charge in [0.1, 0.15) is 11.5 Å². The minimum atomic E-state index is -4.83. The fraction of sp³-hybridized carbons (Fsp3) is 0.0943. The van der Waals surface area contributed by atoms with Gasteiger partial charge in [-0.25, -0.2) is 0 Å². The van der Waals surface area contributed by atoms with E-state index in [2.05, 4.69) is 70.7 Å². The highest BCUT2D eigenvalue weighted by atomic mass is 19.4. The molecular formula is C53H36F6N2O2. The summed E-state index contributed by atoms with van der Waals surface area (Å²) in [6.45, 7) is 4.35. The molecule has 0 bridgehead atoms.